The molecule has 0 aromatic heterocycles. The summed E-state index contributed by atoms with van der Waals surface area (Å²) in [7, 11) is 0. The normalized spacial score (nSPS) is 11.8. The zero-order valence-electron chi connectivity index (χ0n) is 10.4. The van der Waals surface area contributed by atoms with Crippen molar-refractivity contribution in [1.29, 1.82) is 5.26 Å². The van der Waals surface area contributed by atoms with Crippen LogP contribution in [0.15, 0.2) is 40.9 Å². The summed E-state index contributed by atoms with van der Waals surface area (Å²) in [5.74, 6) is -3.63. The number of benzene rings is 2. The summed E-state index contributed by atoms with van der Waals surface area (Å²) in [5, 5.41) is 9.57. The van der Waals surface area contributed by atoms with Crippen molar-refractivity contribution in [3.05, 3.63) is 68.7 Å². The lowest BCUT2D eigenvalue weighted by atomic mass is 9.91. The van der Waals surface area contributed by atoms with E-state index in [1.165, 1.54) is 18.2 Å². The van der Waals surface area contributed by atoms with Gasteiger partial charge in [0.05, 0.1) is 11.1 Å². The van der Waals surface area contributed by atoms with Crippen molar-refractivity contribution in [3.8, 4) is 6.07 Å². The van der Waals surface area contributed by atoms with Gasteiger partial charge in [-0.25, -0.2) is 8.78 Å². The molecule has 2 aromatic carbocycles. The summed E-state index contributed by atoms with van der Waals surface area (Å²) in [4.78, 5) is 12.3. The molecule has 2 rings (SSSR count). The molecule has 0 fully saturated rings. The van der Waals surface area contributed by atoms with E-state index in [1.807, 2.05) is 0 Å². The molecule has 0 saturated carbocycles. The number of Topliss-reactive ketones (excluding diaryl/α,β-unsaturated/α-hetero) is 1. The molecule has 0 aliphatic carbocycles. The standard InChI is InChI=1S/C15H7BrClF2NO/c16-12-5-8(1-4-13(12)17)15(21)11(7-20)10-3-2-9(18)6-14(10)19/h1-6,11H. The van der Waals surface area contributed by atoms with Gasteiger partial charge in [-0.2, -0.15) is 5.26 Å². The lowest BCUT2D eigenvalue weighted by Gasteiger charge is -2.10. The minimum absolute atomic E-state index is 0.157. The Bertz CT molecular complexity index is 758. The van der Waals surface area contributed by atoms with E-state index in [2.05, 4.69) is 15.9 Å². The van der Waals surface area contributed by atoms with Gasteiger partial charge >= 0.3 is 0 Å². The molecule has 0 radical (unpaired) electrons. The number of carbonyl (C=O) groups excluding carboxylic acids is 1. The Morgan fingerprint density at radius 2 is 1.95 bits per heavy atom. The van der Waals surface area contributed by atoms with Crippen molar-refractivity contribution >= 4 is 33.3 Å². The van der Waals surface area contributed by atoms with E-state index >= 15 is 0 Å². The quantitative estimate of drug-likeness (QED) is 0.723. The second-order valence-electron chi connectivity index (χ2n) is 4.22. The van der Waals surface area contributed by atoms with Gasteiger partial charge in [0.25, 0.3) is 0 Å². The predicted molar refractivity (Wildman–Crippen MR) is 78.2 cm³/mol. The van der Waals surface area contributed by atoms with Gasteiger partial charge in [0.2, 0.25) is 0 Å². The van der Waals surface area contributed by atoms with Crippen LogP contribution < -0.4 is 0 Å². The molecule has 21 heavy (non-hydrogen) atoms. The molecule has 0 spiro atoms. The maximum atomic E-state index is 13.7. The van der Waals surface area contributed by atoms with Crippen molar-refractivity contribution in [2.45, 2.75) is 5.92 Å². The SMILES string of the molecule is N#CC(C(=O)c1ccc(Cl)c(Br)c1)c1ccc(F)cc1F. The molecule has 6 heteroatoms. The van der Waals surface area contributed by atoms with Crippen molar-refractivity contribution in [1.82, 2.24) is 0 Å². The summed E-state index contributed by atoms with van der Waals surface area (Å²) in [6.45, 7) is 0. The van der Waals surface area contributed by atoms with E-state index in [4.69, 9.17) is 16.9 Å². The third-order valence-electron chi connectivity index (χ3n) is 2.87. The van der Waals surface area contributed by atoms with Crippen LogP contribution in [0.2, 0.25) is 5.02 Å². The van der Waals surface area contributed by atoms with Gasteiger partial charge in [0.15, 0.2) is 5.78 Å². The molecule has 0 aliphatic rings. The minimum atomic E-state index is -1.35. The fraction of sp³-hybridized carbons (Fsp3) is 0.0667. The molecule has 1 atom stereocenters. The number of rotatable bonds is 3. The minimum Gasteiger partial charge on any atom is -0.292 e. The monoisotopic (exact) mass is 369 g/mol. The molecule has 1 unspecified atom stereocenters. The fourth-order valence-electron chi connectivity index (χ4n) is 1.82. The van der Waals surface area contributed by atoms with Crippen LogP contribution >= 0.6 is 27.5 Å². The van der Waals surface area contributed by atoms with E-state index in [-0.39, 0.29) is 11.1 Å². The van der Waals surface area contributed by atoms with E-state index < -0.39 is 23.3 Å². The summed E-state index contributed by atoms with van der Waals surface area (Å²) in [5.41, 5.74) is 0.0523. The van der Waals surface area contributed by atoms with Crippen LogP contribution in [-0.4, -0.2) is 5.78 Å². The number of nitrogens with zero attached hydrogens (tertiary/aromatic N) is 1. The summed E-state index contributed by atoms with van der Waals surface area (Å²) >= 11 is 9.01. The highest BCUT2D eigenvalue weighted by atomic mass is 79.9. The Morgan fingerprint density at radius 3 is 2.52 bits per heavy atom. The lowest BCUT2D eigenvalue weighted by Crippen LogP contribution is -2.13. The van der Waals surface area contributed by atoms with Crippen molar-refractivity contribution in [2.24, 2.45) is 0 Å². The molecule has 0 bridgehead atoms. The second-order valence-corrected chi connectivity index (χ2v) is 5.48. The molecule has 2 nitrogen and oxygen atoms in total. The first-order chi connectivity index (χ1) is 9.93. The first-order valence-electron chi connectivity index (χ1n) is 5.78. The molecule has 0 amide bonds. The van der Waals surface area contributed by atoms with Gasteiger partial charge in [-0.3, -0.25) is 4.79 Å². The number of halogens is 4. The third-order valence-corrected chi connectivity index (χ3v) is 4.08. The largest absolute Gasteiger partial charge is 0.292 e. The summed E-state index contributed by atoms with van der Waals surface area (Å²) < 4.78 is 27.1. The maximum absolute atomic E-state index is 13.7. The van der Waals surface area contributed by atoms with Crippen molar-refractivity contribution in [2.75, 3.05) is 0 Å². The molecule has 2 aromatic rings. The highest BCUT2D eigenvalue weighted by Crippen LogP contribution is 2.28. The van der Waals surface area contributed by atoms with E-state index in [9.17, 15) is 13.6 Å². The molecule has 0 saturated heterocycles. The molecule has 0 heterocycles. The average molecular weight is 371 g/mol. The highest BCUT2D eigenvalue weighted by Gasteiger charge is 2.25. The fourth-order valence-corrected chi connectivity index (χ4v) is 2.32. The highest BCUT2D eigenvalue weighted by molar-refractivity contribution is 9.10. The number of nitriles is 1. The molecular formula is C15H7BrClF2NO. The number of hydrogen-bond acceptors (Lipinski definition) is 2. The van der Waals surface area contributed by atoms with Crippen molar-refractivity contribution < 1.29 is 13.6 Å². The van der Waals surface area contributed by atoms with Gasteiger partial charge in [0, 0.05) is 21.7 Å². The zero-order valence-corrected chi connectivity index (χ0v) is 12.8. The van der Waals surface area contributed by atoms with Crippen molar-refractivity contribution in [3.63, 3.8) is 0 Å². The molecule has 106 valence electrons. The van der Waals surface area contributed by atoms with Crippen LogP contribution in [0.5, 0.6) is 0 Å². The Balaban J connectivity index is 2.43. The van der Waals surface area contributed by atoms with Gasteiger partial charge in [0.1, 0.15) is 17.6 Å². The Labute approximate surface area is 133 Å². The second kappa shape index (κ2) is 6.33. The van der Waals surface area contributed by atoms with Gasteiger partial charge in [-0.05, 0) is 40.2 Å². The number of carbonyl (C=O) groups is 1. The van der Waals surface area contributed by atoms with Crippen LogP contribution in [0.25, 0.3) is 0 Å². The Hall–Kier alpha value is -1.77. The van der Waals surface area contributed by atoms with Crippen LogP contribution in [0.1, 0.15) is 21.8 Å². The van der Waals surface area contributed by atoms with Crippen LogP contribution in [-0.2, 0) is 0 Å². The smallest absolute Gasteiger partial charge is 0.184 e. The van der Waals surface area contributed by atoms with E-state index in [1.54, 1.807) is 6.07 Å². The molecule has 0 N–H and O–H groups in total. The predicted octanol–water partition coefficient (Wildman–Crippen LogP) is 4.87. The molecular weight excluding hydrogens is 364 g/mol. The first-order valence-corrected chi connectivity index (χ1v) is 6.95. The zero-order chi connectivity index (χ0) is 15.6. The summed E-state index contributed by atoms with van der Waals surface area (Å²) in [6.07, 6.45) is 0. The van der Waals surface area contributed by atoms with Gasteiger partial charge in [-0.15, -0.1) is 0 Å². The van der Waals surface area contributed by atoms with Crippen LogP contribution in [0, 0.1) is 23.0 Å². The van der Waals surface area contributed by atoms with Crippen LogP contribution in [0.3, 0.4) is 0 Å². The summed E-state index contributed by atoms with van der Waals surface area (Å²) in [6, 6.07) is 8.90. The van der Waals surface area contributed by atoms with Gasteiger partial charge < -0.3 is 0 Å². The maximum Gasteiger partial charge on any atom is 0.184 e. The number of hydrogen-bond donors (Lipinski definition) is 0. The Morgan fingerprint density at radius 1 is 1.24 bits per heavy atom. The topological polar surface area (TPSA) is 40.9 Å². The Kier molecular flexibility index (Phi) is 4.71. The average Bonchev–Trinajstić information content (AvgIpc) is 2.44. The van der Waals surface area contributed by atoms with E-state index in [0.29, 0.717) is 15.6 Å². The lowest BCUT2D eigenvalue weighted by molar-refractivity contribution is 0.0977. The van der Waals surface area contributed by atoms with Crippen LogP contribution in [0.4, 0.5) is 8.78 Å². The van der Waals surface area contributed by atoms with E-state index in [0.717, 1.165) is 12.1 Å². The molecule has 0 aliphatic heterocycles. The third kappa shape index (κ3) is 3.29. The van der Waals surface area contributed by atoms with Gasteiger partial charge in [-0.1, -0.05) is 17.7 Å². The first kappa shape index (κ1) is 15.6. The number of ketones is 1.